The molecule has 0 radical (unpaired) electrons. The van der Waals surface area contributed by atoms with Gasteiger partial charge in [-0.3, -0.25) is 0 Å². The quantitative estimate of drug-likeness (QED) is 0.836. The predicted octanol–water partition coefficient (Wildman–Crippen LogP) is 1.93. The maximum Gasteiger partial charge on any atom is 0.243 e. The highest BCUT2D eigenvalue weighted by molar-refractivity contribution is 7.89. The van der Waals surface area contributed by atoms with Gasteiger partial charge < -0.3 is 9.47 Å². The molecule has 0 spiro atoms. The molecule has 0 N–H and O–H groups in total. The van der Waals surface area contributed by atoms with Gasteiger partial charge in [0.25, 0.3) is 0 Å². The van der Waals surface area contributed by atoms with Crippen LogP contribution in [0.3, 0.4) is 0 Å². The predicted molar refractivity (Wildman–Crippen MR) is 85.0 cm³/mol. The fourth-order valence-electron chi connectivity index (χ4n) is 2.50. The van der Waals surface area contributed by atoms with Gasteiger partial charge in [-0.05, 0) is 36.8 Å². The van der Waals surface area contributed by atoms with Gasteiger partial charge in [-0.1, -0.05) is 6.07 Å². The van der Waals surface area contributed by atoms with Gasteiger partial charge in [0.05, 0.1) is 18.6 Å². The molecule has 1 fully saturated rings. The van der Waals surface area contributed by atoms with Crippen LogP contribution >= 0.6 is 0 Å². The zero-order valence-corrected chi connectivity index (χ0v) is 13.6. The van der Waals surface area contributed by atoms with Gasteiger partial charge in [0, 0.05) is 18.8 Å². The first-order valence-corrected chi connectivity index (χ1v) is 8.75. The number of hydrogen-bond donors (Lipinski definition) is 0. The summed E-state index contributed by atoms with van der Waals surface area (Å²) in [4.78, 5) is 4.36. The van der Waals surface area contributed by atoms with Crippen LogP contribution < -0.4 is 9.47 Å². The Kier molecular flexibility index (Phi) is 4.49. The van der Waals surface area contributed by atoms with Crippen LogP contribution in [0.15, 0.2) is 53.6 Å². The fraction of sp³-hybridized carbons (Fsp3) is 0.312. The van der Waals surface area contributed by atoms with E-state index in [1.165, 1.54) is 4.31 Å². The normalized spacial score (nSPS) is 18.7. The summed E-state index contributed by atoms with van der Waals surface area (Å²) in [5.74, 6) is 1.14. The van der Waals surface area contributed by atoms with Crippen LogP contribution in [-0.2, 0) is 10.0 Å². The Hall–Kier alpha value is -2.12. The molecule has 7 heteroatoms. The zero-order valence-electron chi connectivity index (χ0n) is 12.8. The Balaban J connectivity index is 1.69. The van der Waals surface area contributed by atoms with E-state index in [9.17, 15) is 8.42 Å². The lowest BCUT2D eigenvalue weighted by Crippen LogP contribution is -2.31. The van der Waals surface area contributed by atoms with Crippen LogP contribution in [0.2, 0.25) is 0 Å². The molecule has 1 unspecified atom stereocenters. The number of benzene rings is 1. The highest BCUT2D eigenvalue weighted by atomic mass is 32.2. The van der Waals surface area contributed by atoms with Gasteiger partial charge in [-0.2, -0.15) is 4.31 Å². The molecule has 0 bridgehead atoms. The molecule has 1 aliphatic heterocycles. The molecular formula is C16H18N2O4S. The standard InChI is InChI=1S/C16H18N2O4S/c1-21-13-5-7-15(8-6-13)23(19,20)18-11-9-14(12-18)22-16-4-2-3-10-17-16/h2-8,10,14H,9,11-12H2,1H3. The lowest BCUT2D eigenvalue weighted by atomic mass is 10.3. The van der Waals surface area contributed by atoms with Gasteiger partial charge in [0.2, 0.25) is 15.9 Å². The number of aromatic nitrogens is 1. The Labute approximate surface area is 135 Å². The van der Waals surface area contributed by atoms with Crippen LogP contribution in [0.4, 0.5) is 0 Å². The van der Waals surface area contributed by atoms with Gasteiger partial charge in [0.1, 0.15) is 11.9 Å². The number of pyridine rings is 1. The van der Waals surface area contributed by atoms with Crippen molar-refractivity contribution in [2.45, 2.75) is 17.4 Å². The van der Waals surface area contributed by atoms with Crippen molar-refractivity contribution in [3.05, 3.63) is 48.7 Å². The molecule has 6 nitrogen and oxygen atoms in total. The molecule has 1 aromatic carbocycles. The average Bonchev–Trinajstić information content (AvgIpc) is 3.05. The number of hydrogen-bond acceptors (Lipinski definition) is 5. The van der Waals surface area contributed by atoms with E-state index in [1.54, 1.807) is 43.6 Å². The fourth-order valence-corrected chi connectivity index (χ4v) is 3.98. The van der Waals surface area contributed by atoms with Gasteiger partial charge in [0.15, 0.2) is 0 Å². The Morgan fingerprint density at radius 2 is 1.96 bits per heavy atom. The minimum absolute atomic E-state index is 0.182. The summed E-state index contributed by atoms with van der Waals surface area (Å²) >= 11 is 0. The molecule has 3 rings (SSSR count). The van der Waals surface area contributed by atoms with E-state index in [0.29, 0.717) is 31.1 Å². The molecule has 1 aromatic heterocycles. The summed E-state index contributed by atoms with van der Waals surface area (Å²) < 4.78 is 37.5. The minimum atomic E-state index is -3.51. The van der Waals surface area contributed by atoms with E-state index in [-0.39, 0.29) is 11.0 Å². The van der Waals surface area contributed by atoms with E-state index >= 15 is 0 Å². The summed E-state index contributed by atoms with van der Waals surface area (Å²) in [6.07, 6.45) is 2.11. The van der Waals surface area contributed by atoms with Crippen molar-refractivity contribution in [1.29, 1.82) is 0 Å². The van der Waals surface area contributed by atoms with E-state index < -0.39 is 10.0 Å². The molecule has 1 atom stereocenters. The number of ether oxygens (including phenoxy) is 2. The van der Waals surface area contributed by atoms with E-state index in [2.05, 4.69) is 4.98 Å². The summed E-state index contributed by atoms with van der Waals surface area (Å²) in [5, 5.41) is 0. The van der Waals surface area contributed by atoms with Crippen molar-refractivity contribution in [2.75, 3.05) is 20.2 Å². The van der Waals surface area contributed by atoms with Crippen LogP contribution in [0.25, 0.3) is 0 Å². The molecule has 2 aromatic rings. The van der Waals surface area contributed by atoms with Crippen LogP contribution in [0.1, 0.15) is 6.42 Å². The number of sulfonamides is 1. The number of methoxy groups -OCH3 is 1. The second-order valence-corrected chi connectivity index (χ2v) is 7.17. The molecule has 122 valence electrons. The summed E-state index contributed by atoms with van der Waals surface area (Å²) in [5.41, 5.74) is 0. The van der Waals surface area contributed by atoms with E-state index in [1.807, 2.05) is 12.1 Å². The maximum atomic E-state index is 12.6. The Morgan fingerprint density at radius 3 is 2.61 bits per heavy atom. The lowest BCUT2D eigenvalue weighted by molar-refractivity contribution is 0.207. The molecule has 23 heavy (non-hydrogen) atoms. The third-order valence-corrected chi connectivity index (χ3v) is 5.61. The molecule has 0 amide bonds. The van der Waals surface area contributed by atoms with Crippen LogP contribution in [0.5, 0.6) is 11.6 Å². The van der Waals surface area contributed by atoms with Gasteiger partial charge >= 0.3 is 0 Å². The number of rotatable bonds is 5. The smallest absolute Gasteiger partial charge is 0.243 e. The second-order valence-electron chi connectivity index (χ2n) is 5.24. The Bertz CT molecular complexity index is 747. The van der Waals surface area contributed by atoms with E-state index in [0.717, 1.165) is 0 Å². The molecule has 0 aliphatic carbocycles. The largest absolute Gasteiger partial charge is 0.497 e. The highest BCUT2D eigenvalue weighted by Gasteiger charge is 2.33. The topological polar surface area (TPSA) is 68.7 Å². The average molecular weight is 334 g/mol. The highest BCUT2D eigenvalue weighted by Crippen LogP contribution is 2.24. The SMILES string of the molecule is COc1ccc(S(=O)(=O)N2CCC(Oc3ccccn3)C2)cc1. The van der Waals surface area contributed by atoms with Crippen molar-refractivity contribution in [2.24, 2.45) is 0 Å². The third-order valence-electron chi connectivity index (χ3n) is 3.73. The van der Waals surface area contributed by atoms with Crippen molar-refractivity contribution >= 4 is 10.0 Å². The maximum absolute atomic E-state index is 12.6. The zero-order chi connectivity index (χ0) is 16.3. The summed E-state index contributed by atoms with van der Waals surface area (Å²) in [6, 6.07) is 11.8. The van der Waals surface area contributed by atoms with Gasteiger partial charge in [-0.25, -0.2) is 13.4 Å². The first-order chi connectivity index (χ1) is 11.1. The van der Waals surface area contributed by atoms with Crippen molar-refractivity contribution in [3.8, 4) is 11.6 Å². The van der Waals surface area contributed by atoms with Crippen molar-refractivity contribution in [3.63, 3.8) is 0 Å². The van der Waals surface area contributed by atoms with Gasteiger partial charge in [-0.15, -0.1) is 0 Å². The molecule has 1 saturated heterocycles. The molecule has 2 heterocycles. The van der Waals surface area contributed by atoms with Crippen molar-refractivity contribution < 1.29 is 17.9 Å². The van der Waals surface area contributed by atoms with E-state index in [4.69, 9.17) is 9.47 Å². The van der Waals surface area contributed by atoms with Crippen molar-refractivity contribution in [1.82, 2.24) is 9.29 Å². The first kappa shape index (κ1) is 15.8. The monoisotopic (exact) mass is 334 g/mol. The first-order valence-electron chi connectivity index (χ1n) is 7.31. The minimum Gasteiger partial charge on any atom is -0.497 e. The van der Waals surface area contributed by atoms with Crippen LogP contribution in [-0.4, -0.2) is 44.0 Å². The molecule has 0 saturated carbocycles. The second kappa shape index (κ2) is 6.55. The number of nitrogens with zero attached hydrogens (tertiary/aromatic N) is 2. The van der Waals surface area contributed by atoms with Crippen LogP contribution in [0, 0.1) is 0 Å². The molecular weight excluding hydrogens is 316 g/mol. The Morgan fingerprint density at radius 1 is 1.17 bits per heavy atom. The third kappa shape index (κ3) is 3.46. The summed E-state index contributed by atoms with van der Waals surface area (Å²) in [6.45, 7) is 0.761. The summed E-state index contributed by atoms with van der Waals surface area (Å²) in [7, 11) is -1.97. The molecule has 1 aliphatic rings. The lowest BCUT2D eigenvalue weighted by Gasteiger charge is -2.17.